The van der Waals surface area contributed by atoms with Gasteiger partial charge in [0.25, 0.3) is 5.69 Å². The normalized spacial score (nSPS) is 10.7. The van der Waals surface area contributed by atoms with E-state index in [4.69, 9.17) is 17.1 Å². The van der Waals surface area contributed by atoms with E-state index >= 15 is 0 Å². The quantitative estimate of drug-likeness (QED) is 0.204. The van der Waals surface area contributed by atoms with E-state index in [0.29, 0.717) is 11.3 Å². The van der Waals surface area contributed by atoms with Gasteiger partial charge in [0.15, 0.2) is 0 Å². The standard InChI is InChI=1S/C20H9N4.C11H9N2.Ir/c1-23-20-10-17(12-22)16(11-21)9-18(20)19-8-7-15(13-24-19)14-5-3-2-4-6-14;1-2-4-10-9(3-1)5-7-13-8-6-12-11(10)13;/h2-8,10,13H;1-3,6,8H,5,7H2;/q2*-1;. The van der Waals surface area contributed by atoms with E-state index in [1.54, 1.807) is 12.3 Å². The van der Waals surface area contributed by atoms with E-state index in [0.717, 1.165) is 29.9 Å². The average molecular weight is 667 g/mol. The minimum Gasteiger partial charge on any atom is -0.371 e. The molecule has 0 fully saturated rings. The van der Waals surface area contributed by atoms with Crippen LogP contribution in [0, 0.1) is 41.4 Å². The van der Waals surface area contributed by atoms with Crippen LogP contribution in [0.2, 0.25) is 0 Å². The second-order valence-electron chi connectivity index (χ2n) is 8.22. The Hall–Kier alpha value is -4.86. The Morgan fingerprint density at radius 2 is 1.79 bits per heavy atom. The van der Waals surface area contributed by atoms with Crippen LogP contribution in [-0.2, 0) is 33.1 Å². The summed E-state index contributed by atoms with van der Waals surface area (Å²) >= 11 is 0. The Morgan fingerprint density at radius 1 is 0.947 bits per heavy atom. The third-order valence-electron chi connectivity index (χ3n) is 6.04. The topological polar surface area (TPSA) is 82.7 Å². The fourth-order valence-electron chi connectivity index (χ4n) is 4.19. The number of aryl methyl sites for hydroxylation is 2. The first-order chi connectivity index (χ1) is 18.2. The number of hydrogen-bond acceptors (Lipinski definition) is 4. The van der Waals surface area contributed by atoms with Crippen LogP contribution in [0.1, 0.15) is 16.7 Å². The SMILES string of the molecule is [C-]#[N+]c1cc(C#N)c(C#N)[c-]c1-c1ccc(-c2ccccc2)cn1.[Ir].[c-]1cccc2c1-c1nccn1CC2. The van der Waals surface area contributed by atoms with Crippen molar-refractivity contribution in [3.8, 4) is 45.9 Å². The van der Waals surface area contributed by atoms with Crippen LogP contribution in [0.15, 0.2) is 85.3 Å². The van der Waals surface area contributed by atoms with Gasteiger partial charge in [0.05, 0.1) is 11.9 Å². The minimum absolute atomic E-state index is 0. The molecule has 2 aromatic heterocycles. The molecular weight excluding hydrogens is 649 g/mol. The zero-order chi connectivity index (χ0) is 25.6. The molecule has 0 saturated carbocycles. The van der Waals surface area contributed by atoms with Crippen molar-refractivity contribution >= 4 is 5.69 Å². The van der Waals surface area contributed by atoms with Gasteiger partial charge in [-0.2, -0.15) is 4.85 Å². The number of aromatic nitrogens is 3. The van der Waals surface area contributed by atoms with Crippen molar-refractivity contribution in [3.05, 3.63) is 126 Å². The van der Waals surface area contributed by atoms with Gasteiger partial charge < -0.3 is 4.57 Å². The summed E-state index contributed by atoms with van der Waals surface area (Å²) in [4.78, 5) is 12.2. The number of benzene rings is 3. The molecule has 1 aliphatic rings. The van der Waals surface area contributed by atoms with Crippen LogP contribution in [0.5, 0.6) is 0 Å². The summed E-state index contributed by atoms with van der Waals surface area (Å²) < 4.78 is 2.18. The molecule has 183 valence electrons. The van der Waals surface area contributed by atoms with Crippen LogP contribution in [0.4, 0.5) is 5.69 Å². The molecule has 0 spiro atoms. The molecule has 0 N–H and O–H groups in total. The van der Waals surface area contributed by atoms with E-state index in [-0.39, 0.29) is 36.9 Å². The Kier molecular flexibility index (Phi) is 8.22. The first kappa shape index (κ1) is 26.2. The first-order valence-corrected chi connectivity index (χ1v) is 11.5. The molecule has 5 aromatic rings. The summed E-state index contributed by atoms with van der Waals surface area (Å²) in [6.45, 7) is 8.34. The third-order valence-corrected chi connectivity index (χ3v) is 6.04. The molecular formula is C31H18IrN6-2. The number of pyridine rings is 1. The second kappa shape index (κ2) is 11.9. The molecule has 0 amide bonds. The van der Waals surface area contributed by atoms with Crippen molar-refractivity contribution in [3.63, 3.8) is 0 Å². The maximum Gasteiger partial charge on any atom is 0.254 e. The number of hydrogen-bond donors (Lipinski definition) is 0. The predicted molar refractivity (Wildman–Crippen MR) is 140 cm³/mol. The second-order valence-corrected chi connectivity index (χ2v) is 8.22. The zero-order valence-electron chi connectivity index (χ0n) is 20.0. The van der Waals surface area contributed by atoms with Crippen LogP contribution in [-0.4, -0.2) is 14.5 Å². The van der Waals surface area contributed by atoms with Crippen molar-refractivity contribution < 1.29 is 20.1 Å². The number of rotatable bonds is 2. The Labute approximate surface area is 234 Å². The smallest absolute Gasteiger partial charge is 0.254 e. The van der Waals surface area contributed by atoms with E-state index in [1.165, 1.54) is 17.2 Å². The van der Waals surface area contributed by atoms with Gasteiger partial charge in [0.1, 0.15) is 6.57 Å². The molecule has 6 rings (SSSR count). The third kappa shape index (κ3) is 5.29. The van der Waals surface area contributed by atoms with Gasteiger partial charge in [-0.15, -0.1) is 35.4 Å². The van der Waals surface area contributed by atoms with Crippen molar-refractivity contribution in [1.82, 2.24) is 14.5 Å². The molecule has 0 unspecified atom stereocenters. The fourth-order valence-corrected chi connectivity index (χ4v) is 4.19. The number of nitriles is 2. The van der Waals surface area contributed by atoms with Crippen molar-refractivity contribution in [1.29, 1.82) is 10.5 Å². The van der Waals surface area contributed by atoms with Gasteiger partial charge in [0, 0.05) is 56.5 Å². The summed E-state index contributed by atoms with van der Waals surface area (Å²) in [6.07, 6.45) is 6.69. The predicted octanol–water partition coefficient (Wildman–Crippen LogP) is 6.41. The summed E-state index contributed by atoms with van der Waals surface area (Å²) in [5, 5.41) is 18.2. The molecule has 6 nitrogen and oxygen atoms in total. The van der Waals surface area contributed by atoms with Crippen molar-refractivity contribution in [2.24, 2.45) is 0 Å². The summed E-state index contributed by atoms with van der Waals surface area (Å²) in [6, 6.07) is 31.0. The summed E-state index contributed by atoms with van der Waals surface area (Å²) in [5.74, 6) is 1.06. The van der Waals surface area contributed by atoms with Crippen LogP contribution >= 0.6 is 0 Å². The van der Waals surface area contributed by atoms with Crippen molar-refractivity contribution in [2.45, 2.75) is 13.0 Å². The molecule has 1 radical (unpaired) electrons. The summed E-state index contributed by atoms with van der Waals surface area (Å²) in [5.41, 5.74) is 6.02. The molecule has 3 aromatic carbocycles. The van der Waals surface area contributed by atoms with E-state index in [9.17, 15) is 0 Å². The molecule has 0 atom stereocenters. The van der Waals surface area contributed by atoms with Crippen molar-refractivity contribution in [2.75, 3.05) is 0 Å². The van der Waals surface area contributed by atoms with Crippen LogP contribution in [0.25, 0.3) is 38.6 Å². The summed E-state index contributed by atoms with van der Waals surface area (Å²) in [7, 11) is 0. The monoisotopic (exact) mass is 667 g/mol. The van der Waals surface area contributed by atoms with Crippen LogP contribution in [0.3, 0.4) is 0 Å². The van der Waals surface area contributed by atoms with Gasteiger partial charge in [-0.25, -0.2) is 10.5 Å². The number of fused-ring (bicyclic) bond motifs is 3. The molecule has 0 aliphatic carbocycles. The molecule has 0 saturated heterocycles. The first-order valence-electron chi connectivity index (χ1n) is 11.5. The number of nitrogens with zero attached hydrogens (tertiary/aromatic N) is 6. The maximum atomic E-state index is 9.15. The van der Waals surface area contributed by atoms with Gasteiger partial charge in [0.2, 0.25) is 0 Å². The molecule has 0 bridgehead atoms. The maximum absolute atomic E-state index is 9.15. The van der Waals surface area contributed by atoms with Crippen LogP contribution < -0.4 is 0 Å². The molecule has 1 aliphatic heterocycles. The van der Waals surface area contributed by atoms with Gasteiger partial charge >= 0.3 is 0 Å². The molecule has 3 heterocycles. The molecule has 38 heavy (non-hydrogen) atoms. The Morgan fingerprint density at radius 3 is 2.50 bits per heavy atom. The van der Waals surface area contributed by atoms with Gasteiger partial charge in [-0.05, 0) is 40.8 Å². The Balaban J connectivity index is 0.000000201. The average Bonchev–Trinajstić information content (AvgIpc) is 3.47. The zero-order valence-corrected chi connectivity index (χ0v) is 22.4. The largest absolute Gasteiger partial charge is 0.371 e. The van der Waals surface area contributed by atoms with E-state index < -0.39 is 0 Å². The molecule has 7 heteroatoms. The fraction of sp³-hybridized carbons (Fsp3) is 0.0645. The van der Waals surface area contributed by atoms with E-state index in [2.05, 4.69) is 37.6 Å². The minimum atomic E-state index is 0. The van der Waals surface area contributed by atoms with Gasteiger partial charge in [-0.3, -0.25) is 9.97 Å². The van der Waals surface area contributed by atoms with Gasteiger partial charge in [-0.1, -0.05) is 48.5 Å². The number of imidazole rings is 1. The Bertz CT molecular complexity index is 1700. The van der Waals surface area contributed by atoms with E-state index in [1.807, 2.05) is 73.1 Å².